The molecule has 0 aromatic carbocycles. The fraction of sp³-hybridized carbons (Fsp3) is 0.923. The number of nitrogens with one attached hydrogen (secondary N) is 1. The number of hydrogen-bond donors (Lipinski definition) is 1. The van der Waals surface area contributed by atoms with Crippen molar-refractivity contribution < 1.29 is 4.74 Å². The molecule has 2 unspecified atom stereocenters. The molecular formula is C13H24N2OS. The largest absolute Gasteiger partial charge is 0.385 e. The van der Waals surface area contributed by atoms with Gasteiger partial charge in [-0.3, -0.25) is 4.99 Å². The highest BCUT2D eigenvalue weighted by molar-refractivity contribution is 8.14. The topological polar surface area (TPSA) is 33.6 Å². The summed E-state index contributed by atoms with van der Waals surface area (Å²) in [4.78, 5) is 4.73. The first-order valence-electron chi connectivity index (χ1n) is 6.75. The van der Waals surface area contributed by atoms with Crippen LogP contribution < -0.4 is 5.32 Å². The van der Waals surface area contributed by atoms with Gasteiger partial charge in [-0.25, -0.2) is 0 Å². The Bertz CT molecular complexity index is 264. The van der Waals surface area contributed by atoms with Crippen molar-refractivity contribution in [3.05, 3.63) is 0 Å². The molecular weight excluding hydrogens is 232 g/mol. The summed E-state index contributed by atoms with van der Waals surface area (Å²) in [5.41, 5.74) is 0. The van der Waals surface area contributed by atoms with E-state index in [4.69, 9.17) is 9.73 Å². The Morgan fingerprint density at radius 1 is 1.47 bits per heavy atom. The van der Waals surface area contributed by atoms with Crippen LogP contribution in [0, 0.1) is 5.92 Å². The standard InChI is InChI=1S/C13H24N2OS/c1-10(11-5-3-4-6-11)14-13-15-12(9-17-13)7-8-16-2/h10-12H,3-9H2,1-2H3,(H,14,15). The van der Waals surface area contributed by atoms with E-state index >= 15 is 0 Å². The molecule has 1 aliphatic carbocycles. The minimum absolute atomic E-state index is 0.457. The van der Waals surface area contributed by atoms with Crippen molar-refractivity contribution >= 4 is 16.9 Å². The summed E-state index contributed by atoms with van der Waals surface area (Å²) in [6.45, 7) is 3.13. The van der Waals surface area contributed by atoms with Crippen molar-refractivity contribution in [3.8, 4) is 0 Å². The summed E-state index contributed by atoms with van der Waals surface area (Å²) in [5.74, 6) is 1.97. The number of aliphatic imine (C=N–C) groups is 1. The second-order valence-corrected chi connectivity index (χ2v) is 6.17. The predicted molar refractivity (Wildman–Crippen MR) is 74.7 cm³/mol. The lowest BCUT2D eigenvalue weighted by Gasteiger charge is -2.20. The van der Waals surface area contributed by atoms with Gasteiger partial charge in [-0.05, 0) is 32.1 Å². The van der Waals surface area contributed by atoms with Gasteiger partial charge in [-0.1, -0.05) is 24.6 Å². The van der Waals surface area contributed by atoms with Gasteiger partial charge >= 0.3 is 0 Å². The van der Waals surface area contributed by atoms with Crippen LogP contribution in [-0.2, 0) is 4.74 Å². The first-order valence-corrected chi connectivity index (χ1v) is 7.74. The van der Waals surface area contributed by atoms with Gasteiger partial charge in [-0.2, -0.15) is 0 Å². The van der Waals surface area contributed by atoms with Crippen LogP contribution in [0.5, 0.6) is 0 Å². The van der Waals surface area contributed by atoms with Gasteiger partial charge in [-0.15, -0.1) is 0 Å². The summed E-state index contributed by atoms with van der Waals surface area (Å²) < 4.78 is 5.10. The zero-order valence-electron chi connectivity index (χ0n) is 10.9. The average molecular weight is 256 g/mol. The van der Waals surface area contributed by atoms with E-state index in [0.717, 1.165) is 29.9 Å². The number of rotatable bonds is 5. The Kier molecular flexibility index (Phi) is 5.16. The second-order valence-electron chi connectivity index (χ2n) is 5.16. The molecule has 0 radical (unpaired) electrons. The van der Waals surface area contributed by atoms with Crippen molar-refractivity contribution in [2.45, 2.75) is 51.1 Å². The van der Waals surface area contributed by atoms with Crippen molar-refractivity contribution in [2.24, 2.45) is 10.9 Å². The molecule has 1 fully saturated rings. The Morgan fingerprint density at radius 2 is 2.24 bits per heavy atom. The highest BCUT2D eigenvalue weighted by atomic mass is 32.2. The maximum absolute atomic E-state index is 5.10. The Hall–Kier alpha value is -0.220. The highest BCUT2D eigenvalue weighted by Gasteiger charge is 2.24. The lowest BCUT2D eigenvalue weighted by molar-refractivity contribution is 0.190. The summed E-state index contributed by atoms with van der Waals surface area (Å²) in [6, 6.07) is 1.04. The van der Waals surface area contributed by atoms with Crippen molar-refractivity contribution in [2.75, 3.05) is 19.5 Å². The van der Waals surface area contributed by atoms with Crippen molar-refractivity contribution in [3.63, 3.8) is 0 Å². The molecule has 1 N–H and O–H groups in total. The van der Waals surface area contributed by atoms with Crippen LogP contribution in [0.15, 0.2) is 4.99 Å². The van der Waals surface area contributed by atoms with E-state index in [9.17, 15) is 0 Å². The number of hydrogen-bond acceptors (Lipinski definition) is 4. The molecule has 2 aliphatic rings. The maximum atomic E-state index is 5.10. The Balaban J connectivity index is 1.75. The first-order chi connectivity index (χ1) is 8.29. The number of amidine groups is 1. The molecule has 0 amide bonds. The van der Waals surface area contributed by atoms with E-state index in [0.29, 0.717) is 12.1 Å². The Morgan fingerprint density at radius 3 is 2.94 bits per heavy atom. The number of ether oxygens (including phenoxy) is 1. The lowest BCUT2D eigenvalue weighted by Crippen LogP contribution is -2.35. The first kappa shape index (κ1) is 13.2. The fourth-order valence-electron chi connectivity index (χ4n) is 2.67. The summed E-state index contributed by atoms with van der Waals surface area (Å²) >= 11 is 1.87. The van der Waals surface area contributed by atoms with Gasteiger partial charge in [0.25, 0.3) is 0 Å². The van der Waals surface area contributed by atoms with Gasteiger partial charge in [0, 0.05) is 25.5 Å². The normalized spacial score (nSPS) is 27.2. The van der Waals surface area contributed by atoms with E-state index in [2.05, 4.69) is 12.2 Å². The number of thioether (sulfide) groups is 1. The fourth-order valence-corrected chi connectivity index (χ4v) is 3.75. The number of nitrogens with zero attached hydrogens (tertiary/aromatic N) is 1. The third kappa shape index (κ3) is 3.88. The van der Waals surface area contributed by atoms with Gasteiger partial charge in [0.05, 0.1) is 6.04 Å². The summed E-state index contributed by atoms with van der Waals surface area (Å²) in [6.07, 6.45) is 6.64. The van der Waals surface area contributed by atoms with Gasteiger partial charge in [0.15, 0.2) is 5.17 Å². The summed E-state index contributed by atoms with van der Waals surface area (Å²) in [5, 5.41) is 4.76. The van der Waals surface area contributed by atoms with Gasteiger partial charge in [0.1, 0.15) is 0 Å². The monoisotopic (exact) mass is 256 g/mol. The molecule has 0 spiro atoms. The zero-order valence-corrected chi connectivity index (χ0v) is 11.8. The smallest absolute Gasteiger partial charge is 0.157 e. The second kappa shape index (κ2) is 6.64. The summed E-state index contributed by atoms with van der Waals surface area (Å²) in [7, 11) is 1.76. The van der Waals surface area contributed by atoms with E-state index in [1.165, 1.54) is 25.7 Å². The quantitative estimate of drug-likeness (QED) is 0.821. The van der Waals surface area contributed by atoms with Crippen LogP contribution in [0.1, 0.15) is 39.0 Å². The van der Waals surface area contributed by atoms with Crippen LogP contribution in [0.2, 0.25) is 0 Å². The maximum Gasteiger partial charge on any atom is 0.157 e. The van der Waals surface area contributed by atoms with E-state index in [-0.39, 0.29) is 0 Å². The number of methoxy groups -OCH3 is 1. The SMILES string of the molecule is COCCC1CSC(NC(C)C2CCCC2)=N1. The van der Waals surface area contributed by atoms with Crippen molar-refractivity contribution in [1.29, 1.82) is 0 Å². The molecule has 2 atom stereocenters. The van der Waals surface area contributed by atoms with Crippen LogP contribution in [0.25, 0.3) is 0 Å². The Labute approximate surface area is 109 Å². The van der Waals surface area contributed by atoms with Gasteiger partial charge in [0.2, 0.25) is 0 Å². The minimum Gasteiger partial charge on any atom is -0.385 e. The average Bonchev–Trinajstić information content (AvgIpc) is 2.97. The zero-order chi connectivity index (χ0) is 12.1. The molecule has 0 aromatic heterocycles. The van der Waals surface area contributed by atoms with E-state index in [1.54, 1.807) is 7.11 Å². The molecule has 2 rings (SSSR count). The van der Waals surface area contributed by atoms with Crippen molar-refractivity contribution in [1.82, 2.24) is 5.32 Å². The molecule has 4 heteroatoms. The van der Waals surface area contributed by atoms with E-state index < -0.39 is 0 Å². The minimum atomic E-state index is 0.457. The predicted octanol–water partition coefficient (Wildman–Crippen LogP) is 2.66. The van der Waals surface area contributed by atoms with Crippen LogP contribution in [0.4, 0.5) is 0 Å². The van der Waals surface area contributed by atoms with Crippen LogP contribution in [0.3, 0.4) is 0 Å². The molecule has 17 heavy (non-hydrogen) atoms. The van der Waals surface area contributed by atoms with Crippen LogP contribution >= 0.6 is 11.8 Å². The highest BCUT2D eigenvalue weighted by Crippen LogP contribution is 2.28. The third-order valence-corrected chi connectivity index (χ3v) is 4.87. The molecule has 0 aromatic rings. The third-order valence-electron chi connectivity index (χ3n) is 3.83. The molecule has 98 valence electrons. The lowest BCUT2D eigenvalue weighted by atomic mass is 10.0. The molecule has 0 bridgehead atoms. The van der Waals surface area contributed by atoms with Gasteiger partial charge < -0.3 is 10.1 Å². The van der Waals surface area contributed by atoms with E-state index in [1.807, 2.05) is 11.8 Å². The molecule has 1 aliphatic heterocycles. The molecule has 1 saturated carbocycles. The molecule has 3 nitrogen and oxygen atoms in total. The molecule has 0 saturated heterocycles. The van der Waals surface area contributed by atoms with Crippen LogP contribution in [-0.4, -0.2) is 36.7 Å². The molecule has 1 heterocycles.